The smallest absolute Gasteiger partial charge is 0.331 e. The molecule has 2 aromatic rings. The van der Waals surface area contributed by atoms with Crippen LogP contribution in [0.1, 0.15) is 0 Å². The minimum atomic E-state index is -4.17. The van der Waals surface area contributed by atoms with Crippen molar-refractivity contribution in [2.75, 3.05) is 13.9 Å². The summed E-state index contributed by atoms with van der Waals surface area (Å²) >= 11 is 0. The molecule has 1 aromatic carbocycles. The van der Waals surface area contributed by atoms with Crippen LogP contribution in [0.25, 0.3) is 11.1 Å². The summed E-state index contributed by atoms with van der Waals surface area (Å²) in [6.07, 6.45) is 0.492. The number of nitrogens with one attached hydrogen (secondary N) is 1. The average molecular weight is 330 g/mol. The van der Waals surface area contributed by atoms with E-state index in [0.29, 0.717) is 6.20 Å². The Bertz CT molecular complexity index is 797. The van der Waals surface area contributed by atoms with Gasteiger partial charge in [0.2, 0.25) is 13.1 Å². The minimum absolute atomic E-state index is 0.0110. The number of alkyl halides is 1. The van der Waals surface area contributed by atoms with Gasteiger partial charge in [-0.3, -0.25) is 0 Å². The lowest BCUT2D eigenvalue weighted by Crippen LogP contribution is -2.38. The van der Waals surface area contributed by atoms with E-state index in [1.54, 1.807) is 0 Å². The maximum Gasteiger partial charge on any atom is 0.331 e. The molecule has 1 heterocycles. The van der Waals surface area contributed by atoms with Crippen LogP contribution >= 0.6 is 0 Å². The lowest BCUT2D eigenvalue weighted by atomic mass is 10.1. The number of rotatable bonds is 5. The van der Waals surface area contributed by atoms with Crippen molar-refractivity contribution in [2.45, 2.75) is 5.03 Å². The Morgan fingerprint density at radius 3 is 2.64 bits per heavy atom. The van der Waals surface area contributed by atoms with Crippen LogP contribution in [-0.2, 0) is 10.0 Å². The SMILES string of the molecule is CNS(=O)(=O)c1c(-c2ccccc2OCF)cc(F)c[n+]1[O-]. The van der Waals surface area contributed by atoms with Gasteiger partial charge in [0.15, 0.2) is 5.82 Å². The maximum atomic E-state index is 13.6. The lowest BCUT2D eigenvalue weighted by molar-refractivity contribution is -0.647. The van der Waals surface area contributed by atoms with Crippen LogP contribution in [0.4, 0.5) is 8.78 Å². The number of para-hydroxylation sites is 1. The van der Waals surface area contributed by atoms with E-state index in [-0.39, 0.29) is 21.6 Å². The lowest BCUT2D eigenvalue weighted by Gasteiger charge is -2.13. The fraction of sp³-hybridized carbons (Fsp3) is 0.154. The summed E-state index contributed by atoms with van der Waals surface area (Å²) in [4.78, 5) is 0. The van der Waals surface area contributed by atoms with Gasteiger partial charge in [-0.2, -0.15) is 4.73 Å². The predicted molar refractivity (Wildman–Crippen MR) is 73.6 cm³/mol. The van der Waals surface area contributed by atoms with E-state index in [4.69, 9.17) is 4.74 Å². The van der Waals surface area contributed by atoms with Gasteiger partial charge in [0.1, 0.15) is 5.75 Å². The molecule has 2 rings (SSSR count). The number of pyridine rings is 1. The monoisotopic (exact) mass is 330 g/mol. The zero-order valence-corrected chi connectivity index (χ0v) is 12.2. The highest BCUT2D eigenvalue weighted by Crippen LogP contribution is 2.33. The summed E-state index contributed by atoms with van der Waals surface area (Å²) in [7, 11) is -3.05. The van der Waals surface area contributed by atoms with E-state index in [9.17, 15) is 22.4 Å². The highest BCUT2D eigenvalue weighted by atomic mass is 32.2. The van der Waals surface area contributed by atoms with Crippen LogP contribution in [0, 0.1) is 11.0 Å². The number of benzene rings is 1. The van der Waals surface area contributed by atoms with Crippen LogP contribution in [0.2, 0.25) is 0 Å². The van der Waals surface area contributed by atoms with Crippen LogP contribution in [0.3, 0.4) is 0 Å². The molecule has 1 aromatic heterocycles. The second kappa shape index (κ2) is 6.24. The van der Waals surface area contributed by atoms with E-state index in [1.807, 2.05) is 4.72 Å². The average Bonchev–Trinajstić information content (AvgIpc) is 2.47. The molecule has 118 valence electrons. The first kappa shape index (κ1) is 16.1. The second-order valence-corrected chi connectivity index (χ2v) is 5.96. The van der Waals surface area contributed by atoms with Crippen molar-refractivity contribution >= 4 is 10.0 Å². The Labute approximate surface area is 125 Å². The van der Waals surface area contributed by atoms with Crippen LogP contribution in [0.15, 0.2) is 41.6 Å². The molecule has 1 N–H and O–H groups in total. The number of nitrogens with zero attached hydrogens (tertiary/aromatic N) is 1. The van der Waals surface area contributed by atoms with Gasteiger partial charge in [-0.05, 0) is 19.2 Å². The van der Waals surface area contributed by atoms with Crippen LogP contribution in [0.5, 0.6) is 5.75 Å². The molecule has 9 heteroatoms. The van der Waals surface area contributed by atoms with Gasteiger partial charge in [0, 0.05) is 5.56 Å². The molecule has 0 aliphatic heterocycles. The van der Waals surface area contributed by atoms with Gasteiger partial charge in [0.05, 0.1) is 5.56 Å². The largest absolute Gasteiger partial charge is 0.618 e. The Morgan fingerprint density at radius 2 is 2.00 bits per heavy atom. The predicted octanol–water partition coefficient (Wildman–Crippen LogP) is 1.34. The summed E-state index contributed by atoms with van der Waals surface area (Å²) < 4.78 is 56.7. The van der Waals surface area contributed by atoms with Crippen molar-refractivity contribution in [1.82, 2.24) is 4.72 Å². The minimum Gasteiger partial charge on any atom is -0.618 e. The maximum absolute atomic E-state index is 13.6. The number of aromatic nitrogens is 1. The summed E-state index contributed by atoms with van der Waals surface area (Å²) in [6, 6.07) is 6.71. The molecule has 0 saturated heterocycles. The molecule has 0 aliphatic carbocycles. The fourth-order valence-corrected chi connectivity index (χ4v) is 2.89. The molecule has 0 aliphatic rings. The summed E-state index contributed by atoms with van der Waals surface area (Å²) in [6.45, 7) is -1.15. The summed E-state index contributed by atoms with van der Waals surface area (Å²) in [5.41, 5.74) is -0.147. The van der Waals surface area contributed by atoms with Crippen molar-refractivity contribution < 1.29 is 26.7 Å². The first-order valence-corrected chi connectivity index (χ1v) is 7.53. The van der Waals surface area contributed by atoms with E-state index in [1.165, 1.54) is 24.3 Å². The zero-order chi connectivity index (χ0) is 16.3. The molecule has 22 heavy (non-hydrogen) atoms. The quantitative estimate of drug-likeness (QED) is 0.662. The zero-order valence-electron chi connectivity index (χ0n) is 11.4. The third-order valence-corrected chi connectivity index (χ3v) is 4.31. The van der Waals surface area contributed by atoms with E-state index in [0.717, 1.165) is 13.1 Å². The molecule has 0 saturated carbocycles. The fourth-order valence-electron chi connectivity index (χ4n) is 1.95. The highest BCUT2D eigenvalue weighted by Gasteiger charge is 2.30. The van der Waals surface area contributed by atoms with Crippen molar-refractivity contribution in [3.63, 3.8) is 0 Å². The summed E-state index contributed by atoms with van der Waals surface area (Å²) in [5.74, 6) is -0.946. The first-order valence-electron chi connectivity index (χ1n) is 6.05. The van der Waals surface area contributed by atoms with Gasteiger partial charge in [-0.15, -0.1) is 0 Å². The number of hydrogen-bond donors (Lipinski definition) is 1. The molecule has 0 unspecified atom stereocenters. The Balaban J connectivity index is 2.81. The van der Waals surface area contributed by atoms with E-state index >= 15 is 0 Å². The van der Waals surface area contributed by atoms with Crippen LogP contribution in [-0.4, -0.2) is 22.3 Å². The van der Waals surface area contributed by atoms with Gasteiger partial charge >= 0.3 is 15.0 Å². The highest BCUT2D eigenvalue weighted by molar-refractivity contribution is 7.89. The molecule has 0 spiro atoms. The number of sulfonamides is 1. The van der Waals surface area contributed by atoms with Crippen molar-refractivity contribution in [1.29, 1.82) is 0 Å². The molecule has 0 atom stereocenters. The number of halogens is 2. The van der Waals surface area contributed by atoms with E-state index < -0.39 is 27.7 Å². The topological polar surface area (TPSA) is 82.3 Å². The number of ether oxygens (including phenoxy) is 1. The standard InChI is InChI=1S/C13H12F2N2O4S/c1-16-22(19,20)13-11(6-9(15)7-17(13)18)10-4-2-3-5-12(10)21-8-14/h2-7,16H,8H2,1H3. The third kappa shape index (κ3) is 3.00. The van der Waals surface area contributed by atoms with Crippen molar-refractivity contribution in [3.05, 3.63) is 47.6 Å². The molecule has 0 fully saturated rings. The Hall–Kier alpha value is -2.26. The van der Waals surface area contributed by atoms with Crippen LogP contribution < -0.4 is 14.2 Å². The van der Waals surface area contributed by atoms with Gasteiger partial charge in [-0.1, -0.05) is 18.2 Å². The number of hydrogen-bond acceptors (Lipinski definition) is 4. The molecular formula is C13H12F2N2O4S. The van der Waals surface area contributed by atoms with E-state index in [2.05, 4.69) is 0 Å². The molecular weight excluding hydrogens is 318 g/mol. The van der Waals surface area contributed by atoms with Crippen molar-refractivity contribution in [2.24, 2.45) is 0 Å². The third-order valence-electron chi connectivity index (χ3n) is 2.86. The molecule has 0 amide bonds. The van der Waals surface area contributed by atoms with Crippen molar-refractivity contribution in [3.8, 4) is 16.9 Å². The van der Waals surface area contributed by atoms with Gasteiger partial charge < -0.3 is 9.94 Å². The molecule has 0 radical (unpaired) electrons. The molecule has 0 bridgehead atoms. The Kier molecular flexibility index (Phi) is 4.57. The Morgan fingerprint density at radius 1 is 1.32 bits per heavy atom. The normalized spacial score (nSPS) is 11.4. The summed E-state index contributed by atoms with van der Waals surface area (Å²) in [5, 5.41) is 11.1. The first-order chi connectivity index (χ1) is 10.4. The second-order valence-electron chi connectivity index (χ2n) is 4.16. The van der Waals surface area contributed by atoms with Gasteiger partial charge in [0.25, 0.3) is 0 Å². The van der Waals surface area contributed by atoms with Gasteiger partial charge in [-0.25, -0.2) is 21.9 Å². The molecule has 6 nitrogen and oxygen atoms in total.